The number of imidazole rings is 1. The number of hydrogen-bond acceptors (Lipinski definition) is 2. The van der Waals surface area contributed by atoms with Crippen molar-refractivity contribution in [2.24, 2.45) is 5.73 Å². The highest BCUT2D eigenvalue weighted by molar-refractivity contribution is 6.30. The highest BCUT2D eigenvalue weighted by atomic mass is 35.5. The Bertz CT molecular complexity index is 548. The fraction of sp³-hybridized carbons (Fsp3) is 0.357. The number of nitrogens with two attached hydrogens (primary N) is 1. The summed E-state index contributed by atoms with van der Waals surface area (Å²) < 4.78 is 2.20. The maximum atomic E-state index is 6.21. The van der Waals surface area contributed by atoms with Crippen molar-refractivity contribution in [2.75, 3.05) is 0 Å². The fourth-order valence-electron chi connectivity index (χ4n) is 2.60. The van der Waals surface area contributed by atoms with Gasteiger partial charge in [-0.2, -0.15) is 0 Å². The molecule has 94 valence electrons. The number of fused-ring (bicyclic) bond motifs is 1. The molecular formula is C14H16ClN3. The minimum Gasteiger partial charge on any atom is -0.329 e. The number of benzene rings is 1. The largest absolute Gasteiger partial charge is 0.329 e. The maximum absolute atomic E-state index is 6.21. The molecule has 0 saturated heterocycles. The van der Waals surface area contributed by atoms with Gasteiger partial charge in [0.25, 0.3) is 0 Å². The molecule has 0 bridgehead atoms. The van der Waals surface area contributed by atoms with Gasteiger partial charge in [-0.25, -0.2) is 4.98 Å². The molecule has 0 aliphatic carbocycles. The van der Waals surface area contributed by atoms with Crippen LogP contribution in [0.1, 0.15) is 36.0 Å². The first-order valence-electron chi connectivity index (χ1n) is 6.30. The number of nitrogens with zero attached hydrogens (tertiary/aromatic N) is 2. The van der Waals surface area contributed by atoms with Crippen LogP contribution in [0.25, 0.3) is 0 Å². The summed E-state index contributed by atoms with van der Waals surface area (Å²) in [6.45, 7) is 0.977. The van der Waals surface area contributed by atoms with Gasteiger partial charge in [-0.3, -0.25) is 0 Å². The van der Waals surface area contributed by atoms with Crippen molar-refractivity contribution in [3.8, 4) is 0 Å². The summed E-state index contributed by atoms with van der Waals surface area (Å²) in [5.41, 5.74) is 8.37. The van der Waals surface area contributed by atoms with Crippen LogP contribution in [0.2, 0.25) is 5.15 Å². The van der Waals surface area contributed by atoms with Gasteiger partial charge in [0.15, 0.2) is 5.15 Å². The van der Waals surface area contributed by atoms with E-state index in [1.807, 2.05) is 18.2 Å². The van der Waals surface area contributed by atoms with Crippen LogP contribution in [0, 0.1) is 0 Å². The summed E-state index contributed by atoms with van der Waals surface area (Å²) in [4.78, 5) is 4.49. The van der Waals surface area contributed by atoms with Gasteiger partial charge in [0.05, 0.1) is 5.69 Å². The van der Waals surface area contributed by atoms with E-state index >= 15 is 0 Å². The fourth-order valence-corrected chi connectivity index (χ4v) is 2.94. The third-order valence-corrected chi connectivity index (χ3v) is 3.77. The predicted molar refractivity (Wildman–Crippen MR) is 72.6 cm³/mol. The van der Waals surface area contributed by atoms with Crippen LogP contribution in [0.4, 0.5) is 0 Å². The quantitative estimate of drug-likeness (QED) is 0.903. The number of rotatable bonds is 2. The van der Waals surface area contributed by atoms with E-state index < -0.39 is 0 Å². The molecule has 0 saturated carbocycles. The zero-order chi connectivity index (χ0) is 12.5. The SMILES string of the molecule is NC1CCCn2c(Cc3ccccc3)nc(Cl)c21. The van der Waals surface area contributed by atoms with Crippen molar-refractivity contribution in [2.45, 2.75) is 31.8 Å². The van der Waals surface area contributed by atoms with Gasteiger partial charge in [0.2, 0.25) is 0 Å². The summed E-state index contributed by atoms with van der Waals surface area (Å²) in [6, 6.07) is 10.4. The lowest BCUT2D eigenvalue weighted by Crippen LogP contribution is -2.22. The molecule has 1 aliphatic rings. The Morgan fingerprint density at radius 1 is 1.33 bits per heavy atom. The molecule has 1 unspecified atom stereocenters. The van der Waals surface area contributed by atoms with E-state index in [2.05, 4.69) is 21.7 Å². The summed E-state index contributed by atoms with van der Waals surface area (Å²) >= 11 is 6.21. The standard InChI is InChI=1S/C14H16ClN3/c15-14-13-11(16)7-4-8-18(13)12(17-14)9-10-5-2-1-3-6-10/h1-3,5-6,11H,4,7-9,16H2. The molecule has 1 aromatic heterocycles. The highest BCUT2D eigenvalue weighted by Crippen LogP contribution is 2.30. The average Bonchev–Trinajstić information content (AvgIpc) is 2.69. The molecule has 2 N–H and O–H groups in total. The van der Waals surface area contributed by atoms with Crippen molar-refractivity contribution in [1.29, 1.82) is 0 Å². The molecule has 18 heavy (non-hydrogen) atoms. The Hall–Kier alpha value is -1.32. The van der Waals surface area contributed by atoms with Crippen molar-refractivity contribution >= 4 is 11.6 Å². The third-order valence-electron chi connectivity index (χ3n) is 3.49. The van der Waals surface area contributed by atoms with Gasteiger partial charge >= 0.3 is 0 Å². The molecule has 1 atom stereocenters. The first kappa shape index (κ1) is 11.8. The van der Waals surface area contributed by atoms with E-state index in [0.717, 1.165) is 37.3 Å². The van der Waals surface area contributed by atoms with Crippen LogP contribution in [-0.2, 0) is 13.0 Å². The molecule has 0 spiro atoms. The zero-order valence-corrected chi connectivity index (χ0v) is 10.9. The molecule has 2 heterocycles. The van der Waals surface area contributed by atoms with Gasteiger partial charge in [-0.15, -0.1) is 0 Å². The van der Waals surface area contributed by atoms with Crippen molar-refractivity contribution in [3.05, 3.63) is 52.6 Å². The van der Waals surface area contributed by atoms with Crippen LogP contribution in [0.15, 0.2) is 30.3 Å². The van der Waals surface area contributed by atoms with Crippen LogP contribution >= 0.6 is 11.6 Å². The van der Waals surface area contributed by atoms with E-state index in [1.165, 1.54) is 5.56 Å². The third kappa shape index (κ3) is 2.04. The first-order chi connectivity index (χ1) is 8.75. The Kier molecular flexibility index (Phi) is 3.10. The van der Waals surface area contributed by atoms with E-state index in [9.17, 15) is 0 Å². The lowest BCUT2D eigenvalue weighted by atomic mass is 10.1. The van der Waals surface area contributed by atoms with Crippen LogP contribution in [0.5, 0.6) is 0 Å². The summed E-state index contributed by atoms with van der Waals surface area (Å²) in [6.07, 6.45) is 2.91. The number of halogens is 1. The molecule has 3 nitrogen and oxygen atoms in total. The average molecular weight is 262 g/mol. The molecule has 2 aromatic rings. The van der Waals surface area contributed by atoms with Crippen molar-refractivity contribution < 1.29 is 0 Å². The van der Waals surface area contributed by atoms with Crippen molar-refractivity contribution in [3.63, 3.8) is 0 Å². The molecule has 1 aromatic carbocycles. The molecule has 0 amide bonds. The van der Waals surface area contributed by atoms with Gasteiger partial charge in [-0.1, -0.05) is 41.9 Å². The van der Waals surface area contributed by atoms with Gasteiger partial charge in [0.1, 0.15) is 5.82 Å². The molecule has 0 radical (unpaired) electrons. The molecule has 4 heteroatoms. The smallest absolute Gasteiger partial charge is 0.152 e. The number of hydrogen-bond donors (Lipinski definition) is 1. The zero-order valence-electron chi connectivity index (χ0n) is 10.1. The normalized spacial score (nSPS) is 18.7. The van der Waals surface area contributed by atoms with Gasteiger partial charge < -0.3 is 10.3 Å². The minimum atomic E-state index is 0.0308. The molecule has 0 fully saturated rings. The second kappa shape index (κ2) is 4.75. The molecule has 1 aliphatic heterocycles. The summed E-state index contributed by atoms with van der Waals surface area (Å²) in [7, 11) is 0. The maximum Gasteiger partial charge on any atom is 0.152 e. The van der Waals surface area contributed by atoms with Gasteiger partial charge in [-0.05, 0) is 18.4 Å². The molecule has 3 rings (SSSR count). The van der Waals surface area contributed by atoms with E-state index in [-0.39, 0.29) is 6.04 Å². The van der Waals surface area contributed by atoms with E-state index in [4.69, 9.17) is 17.3 Å². The van der Waals surface area contributed by atoms with Gasteiger partial charge in [0, 0.05) is 19.0 Å². The summed E-state index contributed by atoms with van der Waals surface area (Å²) in [5.74, 6) is 1.02. The lowest BCUT2D eigenvalue weighted by molar-refractivity contribution is 0.454. The Morgan fingerprint density at radius 2 is 2.11 bits per heavy atom. The predicted octanol–water partition coefficient (Wildman–Crippen LogP) is 2.92. The van der Waals surface area contributed by atoms with Crippen molar-refractivity contribution in [1.82, 2.24) is 9.55 Å². The van der Waals surface area contributed by atoms with Crippen LogP contribution in [-0.4, -0.2) is 9.55 Å². The van der Waals surface area contributed by atoms with Crippen LogP contribution in [0.3, 0.4) is 0 Å². The first-order valence-corrected chi connectivity index (χ1v) is 6.68. The van der Waals surface area contributed by atoms with Crippen LogP contribution < -0.4 is 5.73 Å². The highest BCUT2D eigenvalue weighted by Gasteiger charge is 2.24. The second-order valence-electron chi connectivity index (χ2n) is 4.77. The Morgan fingerprint density at radius 3 is 2.89 bits per heavy atom. The number of aromatic nitrogens is 2. The molecular weight excluding hydrogens is 246 g/mol. The lowest BCUT2D eigenvalue weighted by Gasteiger charge is -2.22. The topological polar surface area (TPSA) is 43.8 Å². The minimum absolute atomic E-state index is 0.0308. The monoisotopic (exact) mass is 261 g/mol. The second-order valence-corrected chi connectivity index (χ2v) is 5.12. The van der Waals surface area contributed by atoms with E-state index in [1.54, 1.807) is 0 Å². The van der Waals surface area contributed by atoms with E-state index in [0.29, 0.717) is 5.15 Å². The Balaban J connectivity index is 1.96. The Labute approximate surface area is 112 Å². The summed E-state index contributed by atoms with van der Waals surface area (Å²) in [5, 5.41) is 0.577.